The molecule has 1 aliphatic heterocycles. The standard InChI is InChI=1S/C14H12N2OS2/c1-2-16-13(17)12(19-14(16)18)7-9-8-15-11-6-4-3-5-10(9)11/h3-8,17H,2H2,1H3/b9-7+. The van der Waals surface area contributed by atoms with Crippen molar-refractivity contribution < 1.29 is 5.11 Å². The van der Waals surface area contributed by atoms with Crippen LogP contribution in [0, 0.1) is 3.95 Å². The number of rotatable bonds is 2. The summed E-state index contributed by atoms with van der Waals surface area (Å²) < 4.78 is 2.42. The molecule has 1 N–H and O–H groups in total. The average molecular weight is 288 g/mol. The lowest BCUT2D eigenvalue weighted by Crippen LogP contribution is -1.91. The first kappa shape index (κ1) is 12.3. The molecular weight excluding hydrogens is 276 g/mol. The third kappa shape index (κ3) is 2.05. The monoisotopic (exact) mass is 288 g/mol. The van der Waals surface area contributed by atoms with E-state index in [1.54, 1.807) is 4.57 Å². The van der Waals surface area contributed by atoms with Gasteiger partial charge in [-0.1, -0.05) is 18.2 Å². The van der Waals surface area contributed by atoms with E-state index >= 15 is 0 Å². The maximum Gasteiger partial charge on any atom is 0.210 e. The zero-order valence-electron chi connectivity index (χ0n) is 10.3. The van der Waals surface area contributed by atoms with E-state index in [1.807, 2.05) is 43.5 Å². The first-order valence-electron chi connectivity index (χ1n) is 5.98. The Morgan fingerprint density at radius 3 is 2.95 bits per heavy atom. The molecule has 0 spiro atoms. The van der Waals surface area contributed by atoms with Crippen LogP contribution in [0.25, 0.3) is 11.6 Å². The molecule has 0 unspecified atom stereocenters. The molecule has 1 aliphatic rings. The number of nitrogens with zero attached hydrogens (tertiary/aromatic N) is 2. The number of allylic oxidation sites excluding steroid dienone is 1. The Hall–Kier alpha value is -1.72. The van der Waals surface area contributed by atoms with E-state index in [0.29, 0.717) is 10.5 Å². The summed E-state index contributed by atoms with van der Waals surface area (Å²) in [5.41, 5.74) is 3.06. The van der Waals surface area contributed by atoms with E-state index in [4.69, 9.17) is 12.2 Å². The molecule has 5 heteroatoms. The predicted octanol–water partition coefficient (Wildman–Crippen LogP) is 4.26. The van der Waals surface area contributed by atoms with E-state index in [9.17, 15) is 5.11 Å². The van der Waals surface area contributed by atoms with Crippen LogP contribution in [0.2, 0.25) is 0 Å². The zero-order valence-corrected chi connectivity index (χ0v) is 12.0. The molecular formula is C14H12N2OS2. The summed E-state index contributed by atoms with van der Waals surface area (Å²) in [5, 5.41) is 10.1. The van der Waals surface area contributed by atoms with Crippen LogP contribution < -0.4 is 0 Å². The average Bonchev–Trinajstić information content (AvgIpc) is 2.93. The highest BCUT2D eigenvalue weighted by Crippen LogP contribution is 2.35. The van der Waals surface area contributed by atoms with Crippen molar-refractivity contribution in [2.24, 2.45) is 4.99 Å². The molecule has 3 rings (SSSR count). The van der Waals surface area contributed by atoms with Gasteiger partial charge in [-0.05, 0) is 31.3 Å². The Morgan fingerprint density at radius 2 is 2.21 bits per heavy atom. The van der Waals surface area contributed by atoms with E-state index in [1.165, 1.54) is 11.3 Å². The predicted molar refractivity (Wildman–Crippen MR) is 82.9 cm³/mol. The van der Waals surface area contributed by atoms with E-state index in [0.717, 1.165) is 21.7 Å². The number of thiazole rings is 1. The van der Waals surface area contributed by atoms with Crippen molar-refractivity contribution in [1.29, 1.82) is 0 Å². The summed E-state index contributed by atoms with van der Waals surface area (Å²) >= 11 is 6.65. The Labute approximate surface area is 120 Å². The Balaban J connectivity index is 2.10. The van der Waals surface area contributed by atoms with Crippen molar-refractivity contribution in [3.8, 4) is 5.88 Å². The van der Waals surface area contributed by atoms with Gasteiger partial charge in [0.1, 0.15) is 0 Å². The molecule has 96 valence electrons. The van der Waals surface area contributed by atoms with Crippen LogP contribution in [-0.4, -0.2) is 15.9 Å². The zero-order chi connectivity index (χ0) is 13.4. The minimum atomic E-state index is 0.239. The largest absolute Gasteiger partial charge is 0.493 e. The van der Waals surface area contributed by atoms with Gasteiger partial charge in [-0.25, -0.2) is 0 Å². The van der Waals surface area contributed by atoms with E-state index in [2.05, 4.69) is 4.99 Å². The van der Waals surface area contributed by atoms with Gasteiger partial charge in [-0.2, -0.15) is 0 Å². The number of aromatic hydroxyl groups is 1. The van der Waals surface area contributed by atoms with Gasteiger partial charge < -0.3 is 5.11 Å². The van der Waals surface area contributed by atoms with E-state index < -0.39 is 0 Å². The molecule has 1 aromatic heterocycles. The van der Waals surface area contributed by atoms with Gasteiger partial charge in [0.15, 0.2) is 3.95 Å². The van der Waals surface area contributed by atoms with Gasteiger partial charge in [-0.15, -0.1) is 11.3 Å². The molecule has 0 aliphatic carbocycles. The van der Waals surface area contributed by atoms with Crippen molar-refractivity contribution >= 4 is 47.1 Å². The molecule has 0 amide bonds. The molecule has 0 fully saturated rings. The molecule has 0 bridgehead atoms. The second kappa shape index (κ2) is 4.75. The second-order valence-electron chi connectivity index (χ2n) is 4.18. The number of aliphatic imine (C=N–C) groups is 1. The minimum Gasteiger partial charge on any atom is -0.493 e. The fraction of sp³-hybridized carbons (Fsp3) is 0.143. The molecule has 0 saturated heterocycles. The fourth-order valence-electron chi connectivity index (χ4n) is 2.08. The third-order valence-electron chi connectivity index (χ3n) is 3.05. The van der Waals surface area contributed by atoms with Crippen molar-refractivity contribution in [3.63, 3.8) is 0 Å². The van der Waals surface area contributed by atoms with Gasteiger partial charge in [0.2, 0.25) is 5.88 Å². The van der Waals surface area contributed by atoms with Crippen LogP contribution in [0.3, 0.4) is 0 Å². The summed E-state index contributed by atoms with van der Waals surface area (Å²) in [6, 6.07) is 7.96. The first-order valence-corrected chi connectivity index (χ1v) is 7.21. The fourth-order valence-corrected chi connectivity index (χ4v) is 3.47. The Bertz CT molecular complexity index is 753. The van der Waals surface area contributed by atoms with Crippen LogP contribution in [0.15, 0.2) is 29.3 Å². The Morgan fingerprint density at radius 1 is 1.42 bits per heavy atom. The van der Waals surface area contributed by atoms with Gasteiger partial charge in [0.05, 0.1) is 10.6 Å². The summed E-state index contributed by atoms with van der Waals surface area (Å²) in [4.78, 5) is 5.14. The normalized spacial score (nSPS) is 15.1. The molecule has 3 nitrogen and oxygen atoms in total. The number of para-hydroxylation sites is 1. The van der Waals surface area contributed by atoms with Crippen molar-refractivity contribution in [1.82, 2.24) is 4.57 Å². The van der Waals surface area contributed by atoms with Gasteiger partial charge in [-0.3, -0.25) is 9.56 Å². The molecule has 0 atom stereocenters. The van der Waals surface area contributed by atoms with Crippen molar-refractivity contribution in [3.05, 3.63) is 38.7 Å². The number of fused-ring (bicyclic) bond motifs is 1. The number of aromatic nitrogens is 1. The minimum absolute atomic E-state index is 0.239. The van der Waals surface area contributed by atoms with Gasteiger partial charge in [0.25, 0.3) is 0 Å². The third-order valence-corrected chi connectivity index (χ3v) is 4.44. The summed E-state index contributed by atoms with van der Waals surface area (Å²) in [6.45, 7) is 2.64. The van der Waals surface area contributed by atoms with Gasteiger partial charge in [0, 0.05) is 23.9 Å². The van der Waals surface area contributed by atoms with Crippen LogP contribution in [0.5, 0.6) is 5.88 Å². The lowest BCUT2D eigenvalue weighted by atomic mass is 10.1. The lowest BCUT2D eigenvalue weighted by Gasteiger charge is -2.00. The smallest absolute Gasteiger partial charge is 0.210 e. The highest BCUT2D eigenvalue weighted by atomic mass is 32.1. The highest BCUT2D eigenvalue weighted by Gasteiger charge is 2.14. The quantitative estimate of drug-likeness (QED) is 0.838. The number of benzene rings is 1. The topological polar surface area (TPSA) is 37.5 Å². The van der Waals surface area contributed by atoms with Crippen molar-refractivity contribution in [2.45, 2.75) is 13.5 Å². The summed E-state index contributed by atoms with van der Waals surface area (Å²) in [6.07, 6.45) is 3.76. The first-order chi connectivity index (χ1) is 9.20. The highest BCUT2D eigenvalue weighted by molar-refractivity contribution is 7.73. The van der Waals surface area contributed by atoms with Crippen LogP contribution in [0.4, 0.5) is 5.69 Å². The molecule has 2 heterocycles. The lowest BCUT2D eigenvalue weighted by molar-refractivity contribution is 0.419. The summed E-state index contributed by atoms with van der Waals surface area (Å²) in [5.74, 6) is 0.239. The molecule has 1 aromatic carbocycles. The summed E-state index contributed by atoms with van der Waals surface area (Å²) in [7, 11) is 0. The molecule has 2 aromatic rings. The van der Waals surface area contributed by atoms with Crippen LogP contribution in [0.1, 0.15) is 17.4 Å². The number of hydrogen-bond donors (Lipinski definition) is 1. The second-order valence-corrected chi connectivity index (χ2v) is 5.85. The van der Waals surface area contributed by atoms with Crippen molar-refractivity contribution in [2.75, 3.05) is 0 Å². The molecule has 0 saturated carbocycles. The van der Waals surface area contributed by atoms with E-state index in [-0.39, 0.29) is 5.88 Å². The SMILES string of the molecule is CCn1c(O)c(/C=C2\C=Nc3ccccc32)sc1=S. The maximum absolute atomic E-state index is 10.1. The maximum atomic E-state index is 10.1. The molecule has 0 radical (unpaired) electrons. The Kier molecular flexibility index (Phi) is 3.08. The van der Waals surface area contributed by atoms with Gasteiger partial charge >= 0.3 is 0 Å². The van der Waals surface area contributed by atoms with Crippen LogP contribution in [-0.2, 0) is 6.54 Å². The van der Waals surface area contributed by atoms with Crippen LogP contribution >= 0.6 is 23.6 Å². The number of hydrogen-bond acceptors (Lipinski definition) is 4. The molecule has 19 heavy (non-hydrogen) atoms.